The molecule has 114 valence electrons. The van der Waals surface area contributed by atoms with Crippen molar-refractivity contribution in [3.8, 4) is 0 Å². The largest absolute Gasteiger partial charge is 0.461 e. The van der Waals surface area contributed by atoms with Crippen LogP contribution < -0.4 is 0 Å². The van der Waals surface area contributed by atoms with E-state index in [4.69, 9.17) is 4.74 Å². The summed E-state index contributed by atoms with van der Waals surface area (Å²) in [4.78, 5) is 12.0. The van der Waals surface area contributed by atoms with E-state index < -0.39 is 0 Å². The minimum absolute atomic E-state index is 0.340. The Balaban J connectivity index is 2.36. The van der Waals surface area contributed by atoms with Crippen molar-refractivity contribution in [3.05, 3.63) is 31.3 Å². The number of carbonyl (C=O) groups is 1. The number of halogens is 2. The summed E-state index contributed by atoms with van der Waals surface area (Å²) < 4.78 is 10.3. The minimum Gasteiger partial charge on any atom is -0.461 e. The monoisotopic (exact) mass is 466 g/mol. The average Bonchev–Trinajstić information content (AvgIpc) is 2.91. The molecule has 0 N–H and O–H groups in total. The van der Waals surface area contributed by atoms with Crippen LogP contribution >= 0.6 is 38.5 Å². The fourth-order valence-corrected chi connectivity index (χ4v) is 3.36. The molecule has 0 fully saturated rings. The third-order valence-electron chi connectivity index (χ3n) is 2.98. The third-order valence-corrected chi connectivity index (χ3v) is 4.77. The highest BCUT2D eigenvalue weighted by Gasteiger charge is 2.22. The number of aromatic nitrogens is 4. The summed E-state index contributed by atoms with van der Waals surface area (Å²) in [6, 6.07) is 0. The number of nitrogens with zero attached hydrogens (tertiary/aromatic N) is 4. The Morgan fingerprint density at radius 2 is 2.14 bits per heavy atom. The van der Waals surface area contributed by atoms with Crippen LogP contribution in [0.3, 0.4) is 0 Å². The van der Waals surface area contributed by atoms with Crippen molar-refractivity contribution in [2.75, 3.05) is 6.61 Å². The van der Waals surface area contributed by atoms with E-state index >= 15 is 0 Å². The standard InChI is InChI=1S/C13H16BrIN4O2/c1-4-9-10(13(20)21-5-2)16-19(11(9)14)7-8-6-18(3)17-12(8)15/h6H,4-5,7H2,1-3H3. The number of hydrogen-bond donors (Lipinski definition) is 0. The van der Waals surface area contributed by atoms with Crippen LogP contribution in [0.15, 0.2) is 10.8 Å². The summed E-state index contributed by atoms with van der Waals surface area (Å²) in [5.41, 5.74) is 2.30. The molecule has 0 aliphatic heterocycles. The molecule has 21 heavy (non-hydrogen) atoms. The highest BCUT2D eigenvalue weighted by Crippen LogP contribution is 2.24. The first-order valence-corrected chi connectivity index (χ1v) is 8.45. The fourth-order valence-electron chi connectivity index (χ4n) is 2.04. The SMILES string of the molecule is CCOC(=O)c1nn(Cc2cn(C)nc2I)c(Br)c1CC. The van der Waals surface area contributed by atoms with Gasteiger partial charge in [0.05, 0.1) is 13.2 Å². The molecule has 2 rings (SSSR count). The zero-order chi connectivity index (χ0) is 15.6. The van der Waals surface area contributed by atoms with Gasteiger partial charge in [0, 0.05) is 24.4 Å². The molecule has 0 saturated carbocycles. The van der Waals surface area contributed by atoms with E-state index in [-0.39, 0.29) is 5.97 Å². The van der Waals surface area contributed by atoms with Crippen molar-refractivity contribution >= 4 is 44.5 Å². The maximum absolute atomic E-state index is 12.0. The Bertz CT molecular complexity index is 665. The van der Waals surface area contributed by atoms with Gasteiger partial charge in [-0.2, -0.15) is 10.2 Å². The van der Waals surface area contributed by atoms with Crippen molar-refractivity contribution in [1.82, 2.24) is 19.6 Å². The summed E-state index contributed by atoms with van der Waals surface area (Å²) in [7, 11) is 1.88. The van der Waals surface area contributed by atoms with Crippen LogP contribution in [0.1, 0.15) is 35.5 Å². The molecule has 0 aliphatic carbocycles. The average molecular weight is 467 g/mol. The first kappa shape index (κ1) is 16.5. The first-order valence-electron chi connectivity index (χ1n) is 6.58. The van der Waals surface area contributed by atoms with Gasteiger partial charge < -0.3 is 4.74 Å². The van der Waals surface area contributed by atoms with Gasteiger partial charge in [-0.25, -0.2) is 4.79 Å². The van der Waals surface area contributed by atoms with Crippen molar-refractivity contribution in [2.45, 2.75) is 26.8 Å². The zero-order valence-electron chi connectivity index (χ0n) is 12.1. The van der Waals surface area contributed by atoms with Crippen LogP contribution in [0.5, 0.6) is 0 Å². The van der Waals surface area contributed by atoms with Crippen molar-refractivity contribution in [2.24, 2.45) is 7.05 Å². The maximum Gasteiger partial charge on any atom is 0.359 e. The molecule has 2 heterocycles. The van der Waals surface area contributed by atoms with E-state index in [9.17, 15) is 4.79 Å². The van der Waals surface area contributed by atoms with Gasteiger partial charge in [-0.05, 0) is 51.9 Å². The molecule has 0 aliphatic rings. The Morgan fingerprint density at radius 3 is 2.67 bits per heavy atom. The van der Waals surface area contributed by atoms with E-state index in [0.717, 1.165) is 19.4 Å². The molecule has 0 atom stereocenters. The van der Waals surface area contributed by atoms with Crippen LogP contribution in [-0.4, -0.2) is 32.1 Å². The number of rotatable bonds is 5. The lowest BCUT2D eigenvalue weighted by molar-refractivity contribution is 0.0517. The lowest BCUT2D eigenvalue weighted by Gasteiger charge is -2.01. The first-order chi connectivity index (χ1) is 9.97. The van der Waals surface area contributed by atoms with Crippen LogP contribution in [0.2, 0.25) is 0 Å². The normalized spacial score (nSPS) is 10.9. The van der Waals surface area contributed by atoms with Crippen LogP contribution in [0.25, 0.3) is 0 Å². The lowest BCUT2D eigenvalue weighted by atomic mass is 10.2. The van der Waals surface area contributed by atoms with Crippen molar-refractivity contribution in [1.29, 1.82) is 0 Å². The van der Waals surface area contributed by atoms with Gasteiger partial charge in [0.25, 0.3) is 0 Å². The topological polar surface area (TPSA) is 61.9 Å². The Kier molecular flexibility index (Phi) is 5.42. The second-order valence-corrected chi connectivity index (χ2v) is 6.24. The second-order valence-electron chi connectivity index (χ2n) is 4.47. The number of esters is 1. The molecular formula is C13H16BrIN4O2. The lowest BCUT2D eigenvalue weighted by Crippen LogP contribution is -2.09. The number of aryl methyl sites for hydroxylation is 1. The fraction of sp³-hybridized carbons (Fsp3) is 0.462. The molecule has 0 bridgehead atoms. The van der Waals surface area contributed by atoms with Crippen LogP contribution in [-0.2, 0) is 24.8 Å². The van der Waals surface area contributed by atoms with E-state index in [2.05, 4.69) is 48.7 Å². The van der Waals surface area contributed by atoms with Crippen molar-refractivity contribution < 1.29 is 9.53 Å². The van der Waals surface area contributed by atoms with E-state index in [1.54, 1.807) is 16.3 Å². The van der Waals surface area contributed by atoms with Gasteiger partial charge in [-0.3, -0.25) is 9.36 Å². The molecule has 0 radical (unpaired) electrons. The van der Waals surface area contributed by atoms with Gasteiger partial charge in [-0.15, -0.1) is 0 Å². The second kappa shape index (κ2) is 6.91. The highest BCUT2D eigenvalue weighted by molar-refractivity contribution is 14.1. The number of hydrogen-bond acceptors (Lipinski definition) is 4. The molecule has 2 aromatic rings. The number of ether oxygens (including phenoxy) is 1. The molecule has 0 spiro atoms. The maximum atomic E-state index is 12.0. The van der Waals surface area contributed by atoms with Gasteiger partial charge in [-0.1, -0.05) is 6.92 Å². The molecular weight excluding hydrogens is 451 g/mol. The molecule has 2 aromatic heterocycles. The molecule has 8 heteroatoms. The quantitative estimate of drug-likeness (QED) is 0.502. The van der Waals surface area contributed by atoms with Gasteiger partial charge in [0.1, 0.15) is 8.30 Å². The summed E-state index contributed by atoms with van der Waals surface area (Å²) in [6.45, 7) is 4.67. The molecule has 0 saturated heterocycles. The van der Waals surface area contributed by atoms with E-state index in [1.165, 1.54) is 0 Å². The summed E-state index contributed by atoms with van der Waals surface area (Å²) >= 11 is 5.72. The van der Waals surface area contributed by atoms with Gasteiger partial charge in [0.2, 0.25) is 0 Å². The highest BCUT2D eigenvalue weighted by atomic mass is 127. The van der Waals surface area contributed by atoms with Crippen LogP contribution in [0.4, 0.5) is 0 Å². The number of carbonyl (C=O) groups excluding carboxylic acids is 1. The van der Waals surface area contributed by atoms with Crippen LogP contribution in [0, 0.1) is 3.70 Å². The molecule has 0 aromatic carbocycles. The van der Waals surface area contributed by atoms with Crippen molar-refractivity contribution in [3.63, 3.8) is 0 Å². The van der Waals surface area contributed by atoms with Gasteiger partial charge >= 0.3 is 5.97 Å². The zero-order valence-corrected chi connectivity index (χ0v) is 15.8. The Hall–Kier alpha value is -0.900. The summed E-state index contributed by atoms with van der Waals surface area (Å²) in [6.07, 6.45) is 2.66. The molecule has 6 nitrogen and oxygen atoms in total. The summed E-state index contributed by atoms with van der Waals surface area (Å²) in [5, 5.41) is 8.71. The third kappa shape index (κ3) is 3.47. The predicted molar refractivity (Wildman–Crippen MR) is 90.3 cm³/mol. The molecule has 0 amide bonds. The van der Waals surface area contributed by atoms with Gasteiger partial charge in [0.15, 0.2) is 5.69 Å². The molecule has 0 unspecified atom stereocenters. The van der Waals surface area contributed by atoms with E-state index in [1.807, 2.05) is 20.2 Å². The Labute approximate surface area is 145 Å². The summed E-state index contributed by atoms with van der Waals surface area (Å²) in [5.74, 6) is -0.380. The Morgan fingerprint density at radius 1 is 1.43 bits per heavy atom. The predicted octanol–water partition coefficient (Wildman–Crippen LogP) is 2.77. The van der Waals surface area contributed by atoms with E-state index in [0.29, 0.717) is 25.3 Å². The smallest absolute Gasteiger partial charge is 0.359 e. The minimum atomic E-state index is -0.380.